The summed E-state index contributed by atoms with van der Waals surface area (Å²) in [7, 11) is 1.75. The van der Waals surface area contributed by atoms with Crippen LogP contribution in [0.3, 0.4) is 0 Å². The highest BCUT2D eigenvalue weighted by Crippen LogP contribution is 2.25. The number of benzene rings is 1. The molecule has 3 aromatic rings. The van der Waals surface area contributed by atoms with Crippen LogP contribution in [-0.4, -0.2) is 27.1 Å². The molecule has 132 valence electrons. The van der Waals surface area contributed by atoms with Crippen molar-refractivity contribution < 1.29 is 0 Å². The third-order valence-corrected chi connectivity index (χ3v) is 4.82. The molecule has 0 amide bonds. The maximum atomic E-state index is 12.6. The van der Waals surface area contributed by atoms with Crippen LogP contribution in [0.15, 0.2) is 53.6 Å². The average Bonchev–Trinajstić information content (AvgIpc) is 3.09. The van der Waals surface area contributed by atoms with E-state index < -0.39 is 0 Å². The molecule has 1 aliphatic heterocycles. The van der Waals surface area contributed by atoms with E-state index in [1.165, 1.54) is 11.3 Å². The molecule has 1 aromatic carbocycles. The van der Waals surface area contributed by atoms with Gasteiger partial charge < -0.3 is 10.6 Å². The molecule has 0 saturated carbocycles. The summed E-state index contributed by atoms with van der Waals surface area (Å²) in [5.74, 6) is 0.574. The summed E-state index contributed by atoms with van der Waals surface area (Å²) in [6, 6.07) is 12.3. The zero-order valence-corrected chi connectivity index (χ0v) is 14.9. The van der Waals surface area contributed by atoms with Gasteiger partial charge in [0.25, 0.3) is 5.56 Å². The van der Waals surface area contributed by atoms with Gasteiger partial charge in [0.15, 0.2) is 0 Å². The summed E-state index contributed by atoms with van der Waals surface area (Å²) in [5, 5.41) is 6.85. The number of nitrogens with zero attached hydrogens (tertiary/aromatic N) is 3. The lowest BCUT2D eigenvalue weighted by Gasteiger charge is -2.17. The Morgan fingerprint density at radius 3 is 2.77 bits per heavy atom. The second-order valence-electron chi connectivity index (χ2n) is 6.59. The molecule has 0 saturated heterocycles. The first-order valence-corrected chi connectivity index (χ1v) is 8.70. The van der Waals surface area contributed by atoms with Gasteiger partial charge in [0, 0.05) is 48.8 Å². The van der Waals surface area contributed by atoms with Crippen LogP contribution in [0, 0.1) is 6.92 Å². The van der Waals surface area contributed by atoms with Crippen molar-refractivity contribution in [1.82, 2.24) is 14.5 Å². The van der Waals surface area contributed by atoms with Crippen molar-refractivity contribution in [3.8, 4) is 11.3 Å². The van der Waals surface area contributed by atoms with E-state index in [9.17, 15) is 4.79 Å². The molecule has 0 spiro atoms. The van der Waals surface area contributed by atoms with Gasteiger partial charge in [-0.3, -0.25) is 14.3 Å². The Kier molecular flexibility index (Phi) is 4.16. The van der Waals surface area contributed by atoms with Gasteiger partial charge in [-0.1, -0.05) is 18.2 Å². The van der Waals surface area contributed by atoms with Crippen LogP contribution >= 0.6 is 0 Å². The Bertz CT molecular complexity index is 972. The molecule has 2 N–H and O–H groups in total. The molecule has 0 aliphatic carbocycles. The maximum absolute atomic E-state index is 12.6. The fourth-order valence-electron chi connectivity index (χ4n) is 3.38. The Morgan fingerprint density at radius 2 is 2.00 bits per heavy atom. The van der Waals surface area contributed by atoms with Crippen LogP contribution in [0.25, 0.3) is 11.3 Å². The largest absolute Gasteiger partial charge is 0.380 e. The zero-order chi connectivity index (χ0) is 18.1. The summed E-state index contributed by atoms with van der Waals surface area (Å²) in [6.45, 7) is 2.50. The highest BCUT2D eigenvalue weighted by molar-refractivity contribution is 5.63. The number of pyridine rings is 1. The molecule has 0 bridgehead atoms. The van der Waals surface area contributed by atoms with Crippen LogP contribution in [0.4, 0.5) is 11.6 Å². The van der Waals surface area contributed by atoms with Gasteiger partial charge in [-0.15, -0.1) is 0 Å². The normalized spacial score (nSPS) is 15.4. The van der Waals surface area contributed by atoms with E-state index in [-0.39, 0.29) is 11.6 Å². The monoisotopic (exact) mass is 347 g/mol. The Morgan fingerprint density at radius 1 is 1.23 bits per heavy atom. The maximum Gasteiger partial charge on any atom is 0.258 e. The molecule has 4 rings (SSSR count). The van der Waals surface area contributed by atoms with Crippen molar-refractivity contribution in [1.29, 1.82) is 0 Å². The summed E-state index contributed by atoms with van der Waals surface area (Å²) in [6.07, 6.45) is 4.38. The SMILES string of the molecule is Cc1c(-c2ccncc2)nc(NCC2Cc3ccccc3N2)n(C)c1=O. The topological polar surface area (TPSA) is 71.8 Å². The number of hydrogen-bond acceptors (Lipinski definition) is 5. The van der Waals surface area contributed by atoms with Crippen LogP contribution in [0.1, 0.15) is 11.1 Å². The van der Waals surface area contributed by atoms with Crippen molar-refractivity contribution in [2.45, 2.75) is 19.4 Å². The van der Waals surface area contributed by atoms with Crippen molar-refractivity contribution in [3.05, 3.63) is 70.3 Å². The van der Waals surface area contributed by atoms with Gasteiger partial charge in [-0.25, -0.2) is 4.98 Å². The van der Waals surface area contributed by atoms with E-state index >= 15 is 0 Å². The molecule has 1 aliphatic rings. The van der Waals surface area contributed by atoms with Gasteiger partial charge in [-0.05, 0) is 37.1 Å². The van der Waals surface area contributed by atoms with E-state index in [1.54, 1.807) is 24.0 Å². The molecule has 26 heavy (non-hydrogen) atoms. The van der Waals surface area contributed by atoms with Crippen molar-refractivity contribution in [2.24, 2.45) is 7.05 Å². The van der Waals surface area contributed by atoms with E-state index in [0.717, 1.165) is 12.0 Å². The lowest BCUT2D eigenvalue weighted by molar-refractivity contribution is 0.754. The molecule has 6 heteroatoms. The van der Waals surface area contributed by atoms with Crippen LogP contribution in [0.2, 0.25) is 0 Å². The van der Waals surface area contributed by atoms with E-state index in [2.05, 4.69) is 33.8 Å². The number of para-hydroxylation sites is 1. The molecule has 6 nitrogen and oxygen atoms in total. The highest BCUT2D eigenvalue weighted by Gasteiger charge is 2.20. The second kappa shape index (κ2) is 6.63. The standard InChI is InChI=1S/C20H21N5O/c1-13-18(14-7-9-21-10-8-14)24-20(25(2)19(13)26)22-12-16-11-15-5-3-4-6-17(15)23-16/h3-10,16,23H,11-12H2,1-2H3,(H,22,24). The first-order valence-electron chi connectivity index (χ1n) is 8.70. The summed E-state index contributed by atoms with van der Waals surface area (Å²) < 4.78 is 1.57. The van der Waals surface area contributed by atoms with E-state index in [4.69, 9.17) is 4.98 Å². The first-order chi connectivity index (χ1) is 12.6. The fraction of sp³-hybridized carbons (Fsp3) is 0.250. The molecular weight excluding hydrogens is 326 g/mol. The van der Waals surface area contributed by atoms with Crippen LogP contribution < -0.4 is 16.2 Å². The number of aromatic nitrogens is 3. The van der Waals surface area contributed by atoms with E-state index in [0.29, 0.717) is 23.8 Å². The lowest BCUT2D eigenvalue weighted by Crippen LogP contribution is -2.30. The Hall–Kier alpha value is -3.15. The predicted molar refractivity (Wildman–Crippen MR) is 103 cm³/mol. The molecule has 0 radical (unpaired) electrons. The molecule has 0 fully saturated rings. The number of hydrogen-bond donors (Lipinski definition) is 2. The Balaban J connectivity index is 1.57. The van der Waals surface area contributed by atoms with Crippen molar-refractivity contribution in [2.75, 3.05) is 17.2 Å². The Labute approximate surface area is 151 Å². The van der Waals surface area contributed by atoms with Gasteiger partial charge in [-0.2, -0.15) is 0 Å². The molecule has 3 heterocycles. The minimum Gasteiger partial charge on any atom is -0.380 e. The van der Waals surface area contributed by atoms with Gasteiger partial charge in [0.1, 0.15) is 0 Å². The highest BCUT2D eigenvalue weighted by atomic mass is 16.1. The first kappa shape index (κ1) is 16.3. The van der Waals surface area contributed by atoms with Crippen molar-refractivity contribution >= 4 is 11.6 Å². The third-order valence-electron chi connectivity index (χ3n) is 4.82. The number of fused-ring (bicyclic) bond motifs is 1. The van der Waals surface area contributed by atoms with E-state index in [1.807, 2.05) is 25.1 Å². The predicted octanol–water partition coefficient (Wildman–Crippen LogP) is 2.60. The number of nitrogens with one attached hydrogen (secondary N) is 2. The third kappa shape index (κ3) is 2.94. The van der Waals surface area contributed by atoms with Crippen LogP contribution in [-0.2, 0) is 13.5 Å². The lowest BCUT2D eigenvalue weighted by atomic mass is 10.1. The molecule has 1 atom stereocenters. The van der Waals surface area contributed by atoms with Crippen LogP contribution in [0.5, 0.6) is 0 Å². The molecular formula is C20H21N5O. The number of rotatable bonds is 4. The average molecular weight is 347 g/mol. The fourth-order valence-corrected chi connectivity index (χ4v) is 3.38. The number of anilines is 2. The summed E-state index contributed by atoms with van der Waals surface area (Å²) >= 11 is 0. The minimum atomic E-state index is -0.0445. The zero-order valence-electron chi connectivity index (χ0n) is 14.9. The summed E-state index contributed by atoms with van der Waals surface area (Å²) in [4.78, 5) is 21.4. The molecule has 1 unspecified atom stereocenters. The van der Waals surface area contributed by atoms with Gasteiger partial charge >= 0.3 is 0 Å². The second-order valence-corrected chi connectivity index (χ2v) is 6.59. The molecule has 2 aromatic heterocycles. The summed E-state index contributed by atoms with van der Waals surface area (Å²) in [5.41, 5.74) is 4.68. The smallest absolute Gasteiger partial charge is 0.258 e. The minimum absolute atomic E-state index is 0.0445. The van der Waals surface area contributed by atoms with Crippen molar-refractivity contribution in [3.63, 3.8) is 0 Å². The quantitative estimate of drug-likeness (QED) is 0.759. The van der Waals surface area contributed by atoms with Gasteiger partial charge in [0.2, 0.25) is 5.95 Å². The van der Waals surface area contributed by atoms with Gasteiger partial charge in [0.05, 0.1) is 5.69 Å².